The van der Waals surface area contributed by atoms with Crippen LogP contribution in [0.25, 0.3) is 0 Å². The molecule has 35 heavy (non-hydrogen) atoms. The Balaban J connectivity index is 2.15. The molecule has 1 aliphatic heterocycles. The van der Waals surface area contributed by atoms with Gasteiger partial charge in [-0.3, -0.25) is 9.59 Å². The second kappa shape index (κ2) is 11.7. The minimum Gasteiger partial charge on any atom is -0.497 e. The Hall–Kier alpha value is -2.94. The van der Waals surface area contributed by atoms with Crippen LogP contribution in [0, 0.1) is 11.8 Å². The van der Waals surface area contributed by atoms with E-state index >= 15 is 0 Å². The van der Waals surface area contributed by atoms with Crippen molar-refractivity contribution >= 4 is 29.5 Å². The first-order chi connectivity index (χ1) is 16.8. The van der Waals surface area contributed by atoms with Crippen LogP contribution in [0.5, 0.6) is 11.5 Å². The minimum absolute atomic E-state index is 0.252. The minimum atomic E-state index is -0.955. The van der Waals surface area contributed by atoms with E-state index in [0.717, 1.165) is 5.75 Å². The molecule has 1 N–H and O–H groups in total. The molecule has 0 aromatic heterocycles. The first kappa shape index (κ1) is 26.7. The van der Waals surface area contributed by atoms with Gasteiger partial charge in [-0.2, -0.15) is 11.8 Å². The van der Waals surface area contributed by atoms with Crippen LogP contribution in [0.2, 0.25) is 0 Å². The third-order valence-corrected chi connectivity index (χ3v) is 7.24. The monoisotopic (exact) mass is 503 g/mol. The number of ketones is 1. The van der Waals surface area contributed by atoms with Crippen molar-refractivity contribution < 1.29 is 33.3 Å². The Morgan fingerprint density at radius 3 is 2.54 bits per heavy atom. The summed E-state index contributed by atoms with van der Waals surface area (Å²) in [6.07, 6.45) is 0.461. The molecule has 9 heteroatoms. The molecular formula is C26H33NO7S. The highest BCUT2D eigenvalue weighted by Gasteiger charge is 2.47. The summed E-state index contributed by atoms with van der Waals surface area (Å²) in [4.78, 5) is 39.7. The average Bonchev–Trinajstić information content (AvgIpc) is 2.84. The number of dihydropyridines is 1. The summed E-state index contributed by atoms with van der Waals surface area (Å²) in [5, 5.41) is 3.26. The number of carbonyl (C=O) groups excluding carboxylic acids is 3. The molecule has 190 valence electrons. The number of carbonyl (C=O) groups is 3. The SMILES string of the molecule is CCSCCOC(=O)C1=C(C)NC2=C(C(=O)C(C(=O)OC)C(C)C2)C1c1ccc(OC)cc1OC. The maximum atomic E-state index is 13.8. The topological polar surface area (TPSA) is 100 Å². The predicted molar refractivity (Wildman–Crippen MR) is 133 cm³/mol. The van der Waals surface area contributed by atoms with Crippen LogP contribution < -0.4 is 14.8 Å². The molecule has 3 rings (SSSR count). The number of Topliss-reactive ketones (excluding diaryl/α,β-unsaturated/α-hetero) is 1. The van der Waals surface area contributed by atoms with Crippen LogP contribution in [0.4, 0.5) is 0 Å². The van der Waals surface area contributed by atoms with E-state index in [1.807, 2.05) is 13.8 Å². The molecule has 0 bridgehead atoms. The van der Waals surface area contributed by atoms with Crippen LogP contribution in [0.15, 0.2) is 40.7 Å². The molecule has 0 spiro atoms. The molecule has 3 atom stereocenters. The molecular weight excluding hydrogens is 470 g/mol. The number of benzene rings is 1. The van der Waals surface area contributed by atoms with Crippen molar-refractivity contribution in [1.82, 2.24) is 5.32 Å². The number of ether oxygens (including phenoxy) is 4. The summed E-state index contributed by atoms with van der Waals surface area (Å²) >= 11 is 1.67. The Morgan fingerprint density at radius 2 is 1.91 bits per heavy atom. The molecule has 3 unspecified atom stereocenters. The Morgan fingerprint density at radius 1 is 1.17 bits per heavy atom. The van der Waals surface area contributed by atoms with Gasteiger partial charge < -0.3 is 24.3 Å². The van der Waals surface area contributed by atoms with Crippen molar-refractivity contribution in [3.05, 3.63) is 46.3 Å². The van der Waals surface area contributed by atoms with Crippen molar-refractivity contribution in [2.24, 2.45) is 11.8 Å². The van der Waals surface area contributed by atoms with E-state index in [4.69, 9.17) is 18.9 Å². The molecule has 1 aromatic carbocycles. The van der Waals surface area contributed by atoms with Gasteiger partial charge in [0.2, 0.25) is 0 Å². The molecule has 1 heterocycles. The molecule has 0 saturated heterocycles. The molecule has 8 nitrogen and oxygen atoms in total. The lowest BCUT2D eigenvalue weighted by molar-refractivity contribution is -0.151. The number of esters is 2. The molecule has 1 aliphatic carbocycles. The molecule has 0 fully saturated rings. The van der Waals surface area contributed by atoms with Gasteiger partial charge in [-0.15, -0.1) is 0 Å². The molecule has 2 aliphatic rings. The molecule has 0 saturated carbocycles. The van der Waals surface area contributed by atoms with Gasteiger partial charge in [0.05, 0.1) is 32.8 Å². The fourth-order valence-corrected chi connectivity index (χ4v) is 5.22. The van der Waals surface area contributed by atoms with E-state index in [1.165, 1.54) is 14.2 Å². The number of hydrogen-bond acceptors (Lipinski definition) is 9. The molecule has 1 aromatic rings. The van der Waals surface area contributed by atoms with Crippen molar-refractivity contribution in [1.29, 1.82) is 0 Å². The number of methoxy groups -OCH3 is 3. The summed E-state index contributed by atoms with van der Waals surface area (Å²) in [6.45, 7) is 5.94. The summed E-state index contributed by atoms with van der Waals surface area (Å²) < 4.78 is 21.5. The number of rotatable bonds is 9. The normalized spacial score (nSPS) is 21.8. The average molecular weight is 504 g/mol. The van der Waals surface area contributed by atoms with E-state index in [2.05, 4.69) is 5.32 Å². The fraction of sp³-hybridized carbons (Fsp3) is 0.500. The number of hydrogen-bond donors (Lipinski definition) is 1. The van der Waals surface area contributed by atoms with Crippen molar-refractivity contribution in [2.75, 3.05) is 39.4 Å². The third-order valence-electron chi connectivity index (χ3n) is 6.38. The predicted octanol–water partition coefficient (Wildman–Crippen LogP) is 3.61. The van der Waals surface area contributed by atoms with Gasteiger partial charge in [-0.05, 0) is 31.1 Å². The fourth-order valence-electron chi connectivity index (χ4n) is 4.73. The quantitative estimate of drug-likeness (QED) is 0.308. The Bertz CT molecular complexity index is 1060. The van der Waals surface area contributed by atoms with Gasteiger partial charge in [0, 0.05) is 34.3 Å². The molecule has 0 amide bonds. The first-order valence-electron chi connectivity index (χ1n) is 11.6. The summed E-state index contributed by atoms with van der Waals surface area (Å²) in [5.74, 6) is -0.807. The zero-order valence-corrected chi connectivity index (χ0v) is 21.9. The number of nitrogens with one attached hydrogen (secondary N) is 1. The van der Waals surface area contributed by atoms with Crippen LogP contribution in [-0.4, -0.2) is 57.2 Å². The van der Waals surface area contributed by atoms with E-state index in [1.54, 1.807) is 44.0 Å². The third kappa shape index (κ3) is 5.34. The number of thioether (sulfide) groups is 1. The largest absolute Gasteiger partial charge is 0.497 e. The van der Waals surface area contributed by atoms with Gasteiger partial charge in [-0.1, -0.05) is 19.9 Å². The van der Waals surface area contributed by atoms with Crippen molar-refractivity contribution in [2.45, 2.75) is 33.1 Å². The zero-order valence-electron chi connectivity index (χ0n) is 21.1. The smallest absolute Gasteiger partial charge is 0.336 e. The summed E-state index contributed by atoms with van der Waals surface area (Å²) in [7, 11) is 4.34. The van der Waals surface area contributed by atoms with Gasteiger partial charge in [0.25, 0.3) is 0 Å². The maximum Gasteiger partial charge on any atom is 0.336 e. The Labute approximate surface area is 210 Å². The highest BCUT2D eigenvalue weighted by Crippen LogP contribution is 2.48. The van der Waals surface area contributed by atoms with E-state index in [9.17, 15) is 14.4 Å². The van der Waals surface area contributed by atoms with E-state index < -0.39 is 23.8 Å². The first-order valence-corrected chi connectivity index (χ1v) is 12.7. The number of allylic oxidation sites excluding steroid dienone is 3. The van der Waals surface area contributed by atoms with E-state index in [0.29, 0.717) is 51.8 Å². The second-order valence-electron chi connectivity index (χ2n) is 8.48. The van der Waals surface area contributed by atoms with Crippen LogP contribution in [-0.2, 0) is 23.9 Å². The van der Waals surface area contributed by atoms with Crippen LogP contribution in [0.3, 0.4) is 0 Å². The lowest BCUT2D eigenvalue weighted by atomic mass is 9.69. The van der Waals surface area contributed by atoms with Crippen LogP contribution >= 0.6 is 11.8 Å². The van der Waals surface area contributed by atoms with Gasteiger partial charge in [-0.25, -0.2) is 4.79 Å². The lowest BCUT2D eigenvalue weighted by Gasteiger charge is -2.38. The second-order valence-corrected chi connectivity index (χ2v) is 9.87. The van der Waals surface area contributed by atoms with Crippen molar-refractivity contribution in [3.8, 4) is 11.5 Å². The highest BCUT2D eigenvalue weighted by atomic mass is 32.2. The zero-order chi connectivity index (χ0) is 25.7. The van der Waals surface area contributed by atoms with Gasteiger partial charge in [0.1, 0.15) is 24.0 Å². The highest BCUT2D eigenvalue weighted by molar-refractivity contribution is 7.99. The summed E-state index contributed by atoms with van der Waals surface area (Å²) in [5.41, 5.74) is 2.60. The maximum absolute atomic E-state index is 13.8. The van der Waals surface area contributed by atoms with E-state index in [-0.39, 0.29) is 18.3 Å². The lowest BCUT2D eigenvalue weighted by Crippen LogP contribution is -2.43. The van der Waals surface area contributed by atoms with Gasteiger partial charge in [0.15, 0.2) is 5.78 Å². The summed E-state index contributed by atoms with van der Waals surface area (Å²) in [6, 6.07) is 5.25. The standard InChI is InChI=1S/C26H33NO7S/c1-7-35-11-10-34-26(30)21-15(3)27-18-12-14(2)20(25(29)33-6)24(28)23(18)22(21)17-9-8-16(31-4)13-19(17)32-5/h8-9,13-14,20,22,27H,7,10-12H2,1-6H3. The molecule has 0 radical (unpaired) electrons. The Kier molecular flexibility index (Phi) is 8.88. The van der Waals surface area contributed by atoms with Crippen molar-refractivity contribution in [3.63, 3.8) is 0 Å². The van der Waals surface area contributed by atoms with Gasteiger partial charge >= 0.3 is 11.9 Å². The van der Waals surface area contributed by atoms with Crippen LogP contribution in [0.1, 0.15) is 38.7 Å².